The fourth-order valence-electron chi connectivity index (χ4n) is 3.03. The largest absolute Gasteiger partial charge is 0.484 e. The molecule has 0 saturated heterocycles. The number of rotatable bonds is 5. The number of fused-ring (bicyclic) bond motifs is 1. The van der Waals surface area contributed by atoms with Crippen LogP contribution in [0, 0.1) is 12.7 Å². The van der Waals surface area contributed by atoms with Gasteiger partial charge in [0.05, 0.1) is 16.1 Å². The summed E-state index contributed by atoms with van der Waals surface area (Å²) in [5, 5.41) is 10.5. The van der Waals surface area contributed by atoms with Crippen molar-refractivity contribution in [2.24, 2.45) is 0 Å². The van der Waals surface area contributed by atoms with Gasteiger partial charge < -0.3 is 10.1 Å². The third kappa shape index (κ3) is 4.30. The lowest BCUT2D eigenvalue weighted by Gasteiger charge is -2.17. The molecule has 0 spiro atoms. The number of halogens is 3. The predicted molar refractivity (Wildman–Crippen MR) is 116 cm³/mol. The number of carbonyl (C=O) groups is 1. The zero-order valence-corrected chi connectivity index (χ0v) is 17.9. The number of hydrogen-bond donors (Lipinski definition) is 2. The first-order valence-corrected chi connectivity index (χ1v) is 9.97. The van der Waals surface area contributed by atoms with Crippen LogP contribution in [0.15, 0.2) is 42.7 Å². The minimum atomic E-state index is -0.559. The summed E-state index contributed by atoms with van der Waals surface area (Å²) in [6.07, 6.45) is 0.864. The molecule has 0 radical (unpaired) electrons. The van der Waals surface area contributed by atoms with Gasteiger partial charge in [0.2, 0.25) is 0 Å². The Bertz CT molecular complexity index is 1290. The number of ether oxygens (including phenoxy) is 1. The average molecular weight is 460 g/mol. The summed E-state index contributed by atoms with van der Waals surface area (Å²) in [5.41, 5.74) is 2.64. The van der Waals surface area contributed by atoms with Crippen LogP contribution >= 0.6 is 23.2 Å². The number of aromatic amines is 1. The van der Waals surface area contributed by atoms with Crippen molar-refractivity contribution in [3.05, 3.63) is 75.5 Å². The number of amides is 1. The van der Waals surface area contributed by atoms with Crippen LogP contribution in [0.3, 0.4) is 0 Å². The number of H-pyrrole nitrogens is 1. The molecule has 1 atom stereocenters. The molecule has 2 N–H and O–H groups in total. The molecular formula is C21H16Cl2FN5O2. The van der Waals surface area contributed by atoms with E-state index in [-0.39, 0.29) is 16.1 Å². The molecule has 0 aliphatic heterocycles. The van der Waals surface area contributed by atoms with Gasteiger partial charge >= 0.3 is 0 Å². The lowest BCUT2D eigenvalue weighted by molar-refractivity contribution is 0.102. The smallest absolute Gasteiger partial charge is 0.255 e. The Morgan fingerprint density at radius 3 is 2.77 bits per heavy atom. The molecule has 0 aliphatic carbocycles. The fourth-order valence-corrected chi connectivity index (χ4v) is 3.44. The van der Waals surface area contributed by atoms with Crippen LogP contribution in [-0.2, 0) is 0 Å². The van der Waals surface area contributed by atoms with Crippen LogP contribution in [0.25, 0.3) is 11.0 Å². The Morgan fingerprint density at radius 2 is 2.00 bits per heavy atom. The Hall–Kier alpha value is -3.23. The number of aryl methyl sites for hydroxylation is 1. The molecule has 0 saturated carbocycles. The van der Waals surface area contributed by atoms with E-state index in [4.69, 9.17) is 27.9 Å². The Morgan fingerprint density at radius 1 is 1.19 bits per heavy atom. The lowest BCUT2D eigenvalue weighted by atomic mass is 10.1. The molecule has 0 fully saturated rings. The number of anilines is 1. The van der Waals surface area contributed by atoms with Gasteiger partial charge in [0.15, 0.2) is 5.65 Å². The second-order valence-corrected chi connectivity index (χ2v) is 7.59. The van der Waals surface area contributed by atoms with Crippen molar-refractivity contribution >= 4 is 45.8 Å². The van der Waals surface area contributed by atoms with Crippen molar-refractivity contribution in [2.45, 2.75) is 20.0 Å². The molecule has 7 nitrogen and oxygen atoms in total. The van der Waals surface area contributed by atoms with Crippen molar-refractivity contribution in [3.8, 4) is 5.75 Å². The van der Waals surface area contributed by atoms with E-state index < -0.39 is 11.9 Å². The highest BCUT2D eigenvalue weighted by molar-refractivity contribution is 6.34. The van der Waals surface area contributed by atoms with Crippen LogP contribution in [0.5, 0.6) is 5.75 Å². The fraction of sp³-hybridized carbons (Fsp3) is 0.143. The van der Waals surface area contributed by atoms with Crippen molar-refractivity contribution in [1.82, 2.24) is 20.2 Å². The zero-order valence-electron chi connectivity index (χ0n) is 16.4. The van der Waals surface area contributed by atoms with E-state index in [1.807, 2.05) is 13.8 Å². The van der Waals surface area contributed by atoms with Crippen LogP contribution in [0.2, 0.25) is 10.2 Å². The zero-order chi connectivity index (χ0) is 22.1. The molecule has 1 unspecified atom stereocenters. The molecule has 0 aliphatic rings. The van der Waals surface area contributed by atoms with E-state index in [1.165, 1.54) is 24.5 Å². The second-order valence-electron chi connectivity index (χ2n) is 6.82. The normalized spacial score (nSPS) is 12.0. The standard InChI is InChI=1S/C21H16Cl2FN5O2/c1-10-3-4-12(21(30)27-13-5-6-15(24)14(22)8-13)7-16(10)31-11(2)18-17-19(23)25-9-26-20(17)29-28-18/h3-9,11H,1-2H3,(H,27,30)(H,25,26,28,29). The molecule has 158 valence electrons. The van der Waals surface area contributed by atoms with Crippen molar-refractivity contribution < 1.29 is 13.9 Å². The molecule has 4 aromatic rings. The maximum atomic E-state index is 13.3. The van der Waals surface area contributed by atoms with E-state index in [0.717, 1.165) is 5.56 Å². The monoisotopic (exact) mass is 459 g/mol. The summed E-state index contributed by atoms with van der Waals surface area (Å²) in [4.78, 5) is 20.7. The van der Waals surface area contributed by atoms with Crippen molar-refractivity contribution in [2.75, 3.05) is 5.32 Å². The number of aromatic nitrogens is 4. The summed E-state index contributed by atoms with van der Waals surface area (Å²) in [5.74, 6) is -0.437. The lowest BCUT2D eigenvalue weighted by Crippen LogP contribution is -2.13. The molecular weight excluding hydrogens is 444 g/mol. The highest BCUT2D eigenvalue weighted by atomic mass is 35.5. The van der Waals surface area contributed by atoms with Crippen LogP contribution in [0.1, 0.15) is 34.6 Å². The maximum absolute atomic E-state index is 13.3. The Balaban J connectivity index is 1.57. The first-order chi connectivity index (χ1) is 14.8. The van der Waals surface area contributed by atoms with Gasteiger partial charge in [0.25, 0.3) is 5.91 Å². The highest BCUT2D eigenvalue weighted by Gasteiger charge is 2.19. The van der Waals surface area contributed by atoms with E-state index >= 15 is 0 Å². The van der Waals surface area contributed by atoms with Gasteiger partial charge in [-0.15, -0.1) is 0 Å². The summed E-state index contributed by atoms with van der Waals surface area (Å²) in [7, 11) is 0. The first-order valence-electron chi connectivity index (χ1n) is 9.21. The summed E-state index contributed by atoms with van der Waals surface area (Å²) in [6.45, 7) is 3.69. The maximum Gasteiger partial charge on any atom is 0.255 e. The van der Waals surface area contributed by atoms with Crippen molar-refractivity contribution in [1.29, 1.82) is 0 Å². The number of hydrogen-bond acceptors (Lipinski definition) is 5. The quantitative estimate of drug-likeness (QED) is 0.384. The first kappa shape index (κ1) is 21.0. The van der Waals surface area contributed by atoms with Crippen LogP contribution in [0.4, 0.5) is 10.1 Å². The summed E-state index contributed by atoms with van der Waals surface area (Å²) < 4.78 is 19.4. The molecule has 31 heavy (non-hydrogen) atoms. The van der Waals surface area contributed by atoms with Gasteiger partial charge in [0.1, 0.15) is 29.2 Å². The SMILES string of the molecule is Cc1ccc(C(=O)Nc2ccc(F)c(Cl)c2)cc1OC(C)c1[nH]nc2ncnc(Cl)c12. The third-order valence-corrected chi connectivity index (χ3v) is 5.25. The van der Waals surface area contributed by atoms with Gasteiger partial charge in [-0.1, -0.05) is 29.3 Å². The van der Waals surface area contributed by atoms with Crippen LogP contribution in [-0.4, -0.2) is 26.1 Å². The highest BCUT2D eigenvalue weighted by Crippen LogP contribution is 2.31. The topological polar surface area (TPSA) is 92.8 Å². The Labute approximate surface area is 186 Å². The molecule has 2 aromatic heterocycles. The van der Waals surface area contributed by atoms with E-state index in [1.54, 1.807) is 18.2 Å². The van der Waals surface area contributed by atoms with E-state index in [0.29, 0.717) is 33.7 Å². The van der Waals surface area contributed by atoms with Gasteiger partial charge in [-0.3, -0.25) is 9.89 Å². The predicted octanol–water partition coefficient (Wildman–Crippen LogP) is 5.50. The van der Waals surface area contributed by atoms with E-state index in [2.05, 4.69) is 25.5 Å². The molecule has 10 heteroatoms. The van der Waals surface area contributed by atoms with Gasteiger partial charge in [0, 0.05) is 11.3 Å². The molecule has 2 heterocycles. The minimum Gasteiger partial charge on any atom is -0.484 e. The molecule has 0 bridgehead atoms. The van der Waals surface area contributed by atoms with Gasteiger partial charge in [-0.2, -0.15) is 5.10 Å². The summed E-state index contributed by atoms with van der Waals surface area (Å²) >= 11 is 12.0. The number of carbonyl (C=O) groups excluding carboxylic acids is 1. The average Bonchev–Trinajstić information content (AvgIpc) is 3.18. The number of nitrogens with one attached hydrogen (secondary N) is 2. The molecule has 4 rings (SSSR count). The van der Waals surface area contributed by atoms with Gasteiger partial charge in [-0.25, -0.2) is 14.4 Å². The second kappa shape index (κ2) is 8.49. The third-order valence-electron chi connectivity index (χ3n) is 4.67. The Kier molecular flexibility index (Phi) is 5.75. The molecule has 1 amide bonds. The van der Waals surface area contributed by atoms with Gasteiger partial charge in [-0.05, 0) is 49.7 Å². The summed E-state index contributed by atoms with van der Waals surface area (Å²) in [6, 6.07) is 9.04. The minimum absolute atomic E-state index is 0.0750. The number of nitrogens with zero attached hydrogens (tertiary/aromatic N) is 3. The van der Waals surface area contributed by atoms with E-state index in [9.17, 15) is 9.18 Å². The molecule has 2 aromatic carbocycles. The van der Waals surface area contributed by atoms with Crippen LogP contribution < -0.4 is 10.1 Å². The van der Waals surface area contributed by atoms with Crippen molar-refractivity contribution in [3.63, 3.8) is 0 Å². The number of benzene rings is 2.